The molecule has 0 aliphatic carbocycles. The zero-order valence-electron chi connectivity index (χ0n) is 13.3. The quantitative estimate of drug-likeness (QED) is 0.417. The smallest absolute Gasteiger partial charge is 0.191 e. The van der Waals surface area contributed by atoms with E-state index in [4.69, 9.17) is 0 Å². The van der Waals surface area contributed by atoms with Gasteiger partial charge in [0.1, 0.15) is 5.01 Å². The molecule has 0 unspecified atom stereocenters. The number of aryl methyl sites for hydroxylation is 3. The number of halogens is 1. The van der Waals surface area contributed by atoms with Crippen molar-refractivity contribution in [3.8, 4) is 0 Å². The average molecular weight is 451 g/mol. The molecule has 5 nitrogen and oxygen atoms in total. The van der Waals surface area contributed by atoms with Crippen molar-refractivity contribution in [2.75, 3.05) is 13.6 Å². The number of aromatic nitrogens is 2. The number of thiazole rings is 2. The van der Waals surface area contributed by atoms with E-state index in [1.54, 1.807) is 29.7 Å². The lowest BCUT2D eigenvalue weighted by molar-refractivity contribution is 0.793. The van der Waals surface area contributed by atoms with Crippen molar-refractivity contribution in [2.45, 2.75) is 33.7 Å². The normalized spacial score (nSPS) is 11.2. The molecule has 0 radical (unpaired) electrons. The standard InChI is InChI=1S/C14H21N5S2.HI/c1-9-7-17-13(20-9)8-18-14(15-4)16-6-5-12-10(2)19-11(3)21-12;/h7H,5-6,8H2,1-4H3,(H2,15,16,18);1H. The van der Waals surface area contributed by atoms with Crippen LogP contribution >= 0.6 is 46.7 Å². The Bertz CT molecular complexity index is 621. The molecule has 0 amide bonds. The largest absolute Gasteiger partial charge is 0.356 e. The summed E-state index contributed by atoms with van der Waals surface area (Å²) in [6.45, 7) is 7.73. The number of hydrogen-bond donors (Lipinski definition) is 2. The SMILES string of the molecule is CN=C(NCCc1sc(C)nc1C)NCc1ncc(C)s1.I. The molecule has 22 heavy (non-hydrogen) atoms. The Hall–Kier alpha value is -0.740. The lowest BCUT2D eigenvalue weighted by Gasteiger charge is -2.10. The Balaban J connectivity index is 0.00000242. The van der Waals surface area contributed by atoms with Crippen LogP contribution in [0.1, 0.15) is 25.5 Å². The molecular formula is C14H22IN5S2. The highest BCUT2D eigenvalue weighted by Gasteiger charge is 2.05. The molecule has 0 saturated heterocycles. The van der Waals surface area contributed by atoms with Crippen molar-refractivity contribution in [3.05, 3.63) is 31.7 Å². The van der Waals surface area contributed by atoms with Gasteiger partial charge in [-0.3, -0.25) is 4.99 Å². The summed E-state index contributed by atoms with van der Waals surface area (Å²) < 4.78 is 0. The third kappa shape index (κ3) is 5.81. The third-order valence-electron chi connectivity index (χ3n) is 2.94. The Morgan fingerprint density at radius 2 is 2.00 bits per heavy atom. The van der Waals surface area contributed by atoms with E-state index in [1.807, 2.05) is 13.1 Å². The molecule has 0 spiro atoms. The highest BCUT2D eigenvalue weighted by molar-refractivity contribution is 14.0. The fraction of sp³-hybridized carbons (Fsp3) is 0.500. The zero-order chi connectivity index (χ0) is 15.2. The predicted octanol–water partition coefficient (Wildman–Crippen LogP) is 3.05. The molecule has 2 aromatic rings. The first-order chi connectivity index (χ1) is 10.1. The van der Waals surface area contributed by atoms with E-state index in [1.165, 1.54) is 9.75 Å². The lowest BCUT2D eigenvalue weighted by atomic mass is 10.3. The van der Waals surface area contributed by atoms with Gasteiger partial charge in [-0.15, -0.1) is 46.7 Å². The second-order valence-electron chi connectivity index (χ2n) is 4.71. The number of rotatable bonds is 5. The summed E-state index contributed by atoms with van der Waals surface area (Å²) >= 11 is 3.47. The van der Waals surface area contributed by atoms with Gasteiger partial charge in [0.05, 0.1) is 17.2 Å². The maximum atomic E-state index is 4.45. The first-order valence-corrected chi connectivity index (χ1v) is 8.50. The first-order valence-electron chi connectivity index (χ1n) is 6.87. The molecule has 0 bridgehead atoms. The minimum absolute atomic E-state index is 0. The molecule has 0 aromatic carbocycles. The maximum absolute atomic E-state index is 4.45. The minimum atomic E-state index is 0. The van der Waals surface area contributed by atoms with Crippen molar-refractivity contribution in [2.24, 2.45) is 4.99 Å². The summed E-state index contributed by atoms with van der Waals surface area (Å²) in [5.41, 5.74) is 1.14. The monoisotopic (exact) mass is 451 g/mol. The molecule has 0 atom stereocenters. The van der Waals surface area contributed by atoms with E-state index in [0.717, 1.165) is 34.6 Å². The summed E-state index contributed by atoms with van der Waals surface area (Å²) in [5.74, 6) is 0.807. The molecular weight excluding hydrogens is 429 g/mol. The third-order valence-corrected chi connectivity index (χ3v) is 4.99. The van der Waals surface area contributed by atoms with Crippen molar-refractivity contribution in [1.29, 1.82) is 0 Å². The van der Waals surface area contributed by atoms with Gasteiger partial charge in [0.15, 0.2) is 5.96 Å². The van der Waals surface area contributed by atoms with E-state index in [-0.39, 0.29) is 24.0 Å². The van der Waals surface area contributed by atoms with Crippen LogP contribution in [0.2, 0.25) is 0 Å². The van der Waals surface area contributed by atoms with Crippen LogP contribution in [0.5, 0.6) is 0 Å². The number of nitrogens with zero attached hydrogens (tertiary/aromatic N) is 3. The fourth-order valence-electron chi connectivity index (χ4n) is 1.96. The van der Waals surface area contributed by atoms with Gasteiger partial charge in [0.2, 0.25) is 0 Å². The lowest BCUT2D eigenvalue weighted by Crippen LogP contribution is -2.37. The van der Waals surface area contributed by atoms with Crippen LogP contribution in [0, 0.1) is 20.8 Å². The molecule has 2 heterocycles. The van der Waals surface area contributed by atoms with E-state index < -0.39 is 0 Å². The number of guanidine groups is 1. The Morgan fingerprint density at radius 1 is 1.23 bits per heavy atom. The predicted molar refractivity (Wildman–Crippen MR) is 106 cm³/mol. The van der Waals surface area contributed by atoms with Gasteiger partial charge in [0.25, 0.3) is 0 Å². The van der Waals surface area contributed by atoms with Crippen molar-refractivity contribution in [1.82, 2.24) is 20.6 Å². The molecule has 2 rings (SSSR count). The summed E-state index contributed by atoms with van der Waals surface area (Å²) in [5, 5.41) is 8.81. The van der Waals surface area contributed by atoms with Crippen LogP contribution in [-0.2, 0) is 13.0 Å². The Morgan fingerprint density at radius 3 is 2.55 bits per heavy atom. The van der Waals surface area contributed by atoms with Crippen molar-refractivity contribution >= 4 is 52.6 Å². The number of hydrogen-bond acceptors (Lipinski definition) is 5. The average Bonchev–Trinajstić information content (AvgIpc) is 2.99. The minimum Gasteiger partial charge on any atom is -0.356 e. The van der Waals surface area contributed by atoms with Gasteiger partial charge in [-0.25, -0.2) is 9.97 Å². The molecule has 8 heteroatoms. The fourth-order valence-corrected chi connectivity index (χ4v) is 3.63. The van der Waals surface area contributed by atoms with Gasteiger partial charge >= 0.3 is 0 Å². The van der Waals surface area contributed by atoms with Gasteiger partial charge < -0.3 is 10.6 Å². The molecule has 0 aliphatic rings. The van der Waals surface area contributed by atoms with Gasteiger partial charge in [-0.05, 0) is 20.8 Å². The number of aliphatic imine (C=N–C) groups is 1. The van der Waals surface area contributed by atoms with Crippen LogP contribution in [0.25, 0.3) is 0 Å². The summed E-state index contributed by atoms with van der Waals surface area (Å²) in [4.78, 5) is 15.6. The van der Waals surface area contributed by atoms with Crippen LogP contribution in [0.3, 0.4) is 0 Å². The molecule has 0 aliphatic heterocycles. The molecule has 0 saturated carbocycles. The van der Waals surface area contributed by atoms with E-state index in [2.05, 4.69) is 39.4 Å². The second-order valence-corrected chi connectivity index (χ2v) is 7.32. The van der Waals surface area contributed by atoms with Crippen LogP contribution in [-0.4, -0.2) is 29.5 Å². The Kier molecular flexibility index (Phi) is 8.26. The molecule has 2 aromatic heterocycles. The van der Waals surface area contributed by atoms with E-state index in [0.29, 0.717) is 6.54 Å². The van der Waals surface area contributed by atoms with Gasteiger partial charge in [-0.2, -0.15) is 0 Å². The molecule has 122 valence electrons. The first kappa shape index (κ1) is 19.3. The maximum Gasteiger partial charge on any atom is 0.191 e. The van der Waals surface area contributed by atoms with E-state index >= 15 is 0 Å². The van der Waals surface area contributed by atoms with Gasteiger partial charge in [-0.1, -0.05) is 0 Å². The highest BCUT2D eigenvalue weighted by atomic mass is 127. The van der Waals surface area contributed by atoms with Crippen LogP contribution in [0.4, 0.5) is 0 Å². The van der Waals surface area contributed by atoms with Crippen molar-refractivity contribution < 1.29 is 0 Å². The zero-order valence-corrected chi connectivity index (χ0v) is 17.2. The summed E-state index contributed by atoms with van der Waals surface area (Å²) in [6, 6.07) is 0. The molecule has 0 fully saturated rings. The van der Waals surface area contributed by atoms with Gasteiger partial charge in [0, 0.05) is 36.0 Å². The second kappa shape index (κ2) is 9.41. The van der Waals surface area contributed by atoms with Crippen LogP contribution < -0.4 is 10.6 Å². The van der Waals surface area contributed by atoms with E-state index in [9.17, 15) is 0 Å². The van der Waals surface area contributed by atoms with Crippen molar-refractivity contribution in [3.63, 3.8) is 0 Å². The summed E-state index contributed by atoms with van der Waals surface area (Å²) in [7, 11) is 1.78. The molecule has 2 N–H and O–H groups in total. The summed E-state index contributed by atoms with van der Waals surface area (Å²) in [6.07, 6.45) is 2.86. The highest BCUT2D eigenvalue weighted by Crippen LogP contribution is 2.17. The number of nitrogens with one attached hydrogen (secondary N) is 2. The topological polar surface area (TPSA) is 62.2 Å². The Labute approximate surface area is 156 Å². The van der Waals surface area contributed by atoms with Crippen LogP contribution in [0.15, 0.2) is 11.2 Å².